The van der Waals surface area contributed by atoms with Crippen molar-refractivity contribution in [2.45, 2.75) is 26.2 Å². The first-order chi connectivity index (χ1) is 6.35. The molecule has 2 unspecified atom stereocenters. The van der Waals surface area contributed by atoms with Gasteiger partial charge in [-0.2, -0.15) is 0 Å². The molecule has 0 aromatic carbocycles. The van der Waals surface area contributed by atoms with Crippen molar-refractivity contribution >= 4 is 0 Å². The lowest BCUT2D eigenvalue weighted by molar-refractivity contribution is -0.00435. The minimum atomic E-state index is 0.423. The molecule has 0 spiro atoms. The van der Waals surface area contributed by atoms with Gasteiger partial charge in [-0.05, 0) is 37.1 Å². The Bertz CT molecular complexity index is 157. The Hall–Kier alpha value is -0.0800. The minimum Gasteiger partial charge on any atom is -0.396 e. The van der Waals surface area contributed by atoms with Crippen molar-refractivity contribution in [3.8, 4) is 0 Å². The maximum Gasteiger partial charge on any atom is 0.0465 e. The molecular weight excluding hydrogens is 162 g/mol. The first kappa shape index (κ1) is 9.47. The third kappa shape index (κ3) is 1.75. The van der Waals surface area contributed by atoms with E-state index in [2.05, 4.69) is 11.8 Å². The first-order valence-electron chi connectivity index (χ1n) is 5.68. The topological polar surface area (TPSA) is 23.5 Å². The summed E-state index contributed by atoms with van der Waals surface area (Å²) in [6, 6.07) is 0. The number of fused-ring (bicyclic) bond motifs is 2. The summed E-state index contributed by atoms with van der Waals surface area (Å²) >= 11 is 0. The molecule has 1 aliphatic heterocycles. The van der Waals surface area contributed by atoms with E-state index in [4.69, 9.17) is 0 Å². The largest absolute Gasteiger partial charge is 0.396 e. The lowest BCUT2D eigenvalue weighted by Gasteiger charge is -2.46. The summed E-state index contributed by atoms with van der Waals surface area (Å²) in [5.74, 6) is 2.20. The average molecular weight is 183 g/mol. The van der Waals surface area contributed by atoms with Crippen molar-refractivity contribution in [3.05, 3.63) is 0 Å². The molecule has 1 aliphatic carbocycles. The number of hydrogen-bond acceptors (Lipinski definition) is 2. The quantitative estimate of drug-likeness (QED) is 0.698. The Morgan fingerprint density at radius 1 is 1.23 bits per heavy atom. The molecule has 1 saturated carbocycles. The normalized spacial score (nSPS) is 40.6. The average Bonchev–Trinajstić information content (AvgIpc) is 2.15. The van der Waals surface area contributed by atoms with Gasteiger partial charge in [0.1, 0.15) is 0 Å². The molecule has 0 aromatic rings. The van der Waals surface area contributed by atoms with Gasteiger partial charge in [-0.25, -0.2) is 0 Å². The fourth-order valence-electron chi connectivity index (χ4n) is 3.20. The summed E-state index contributed by atoms with van der Waals surface area (Å²) in [6.45, 7) is 6.32. The predicted molar refractivity (Wildman–Crippen MR) is 53.5 cm³/mol. The third-order valence-corrected chi connectivity index (χ3v) is 4.00. The molecule has 2 fully saturated rings. The monoisotopic (exact) mass is 183 g/mol. The van der Waals surface area contributed by atoms with Crippen LogP contribution in [0.2, 0.25) is 0 Å². The fourth-order valence-corrected chi connectivity index (χ4v) is 3.20. The summed E-state index contributed by atoms with van der Waals surface area (Å²) in [6.07, 6.45) is 4.08. The number of likely N-dealkylation sites (tertiary alicyclic amines) is 1. The van der Waals surface area contributed by atoms with Crippen LogP contribution >= 0.6 is 0 Å². The molecule has 2 atom stereocenters. The summed E-state index contributed by atoms with van der Waals surface area (Å²) in [5.41, 5.74) is 0. The van der Waals surface area contributed by atoms with E-state index in [1.165, 1.54) is 38.9 Å². The van der Waals surface area contributed by atoms with Crippen molar-refractivity contribution in [2.75, 3.05) is 26.2 Å². The molecule has 1 heterocycles. The van der Waals surface area contributed by atoms with Gasteiger partial charge in [0, 0.05) is 19.7 Å². The summed E-state index contributed by atoms with van der Waals surface area (Å²) in [4.78, 5) is 2.56. The van der Waals surface area contributed by atoms with Gasteiger partial charge in [0.2, 0.25) is 0 Å². The van der Waals surface area contributed by atoms with Crippen LogP contribution in [0.5, 0.6) is 0 Å². The molecular formula is C11H21NO. The van der Waals surface area contributed by atoms with E-state index < -0.39 is 0 Å². The van der Waals surface area contributed by atoms with Crippen LogP contribution in [0.15, 0.2) is 0 Å². The van der Waals surface area contributed by atoms with Gasteiger partial charge in [-0.3, -0.25) is 0 Å². The van der Waals surface area contributed by atoms with Crippen LogP contribution in [0, 0.1) is 17.8 Å². The van der Waals surface area contributed by atoms with Gasteiger partial charge in [0.25, 0.3) is 0 Å². The maximum atomic E-state index is 9.34. The second kappa shape index (κ2) is 3.97. The smallest absolute Gasteiger partial charge is 0.0465 e. The third-order valence-electron chi connectivity index (χ3n) is 4.00. The number of nitrogens with zero attached hydrogens (tertiary/aromatic N) is 1. The zero-order chi connectivity index (χ0) is 9.26. The number of aliphatic hydroxyl groups is 1. The van der Waals surface area contributed by atoms with Crippen LogP contribution in [0.1, 0.15) is 26.2 Å². The van der Waals surface area contributed by atoms with Crippen LogP contribution < -0.4 is 0 Å². The molecule has 0 amide bonds. The standard InChI is InChI=1S/C11H21NO/c1-2-12-6-9-4-3-5-10(7-12)11(9)8-13/h9-11,13H,2-8H2,1H3. The zero-order valence-corrected chi connectivity index (χ0v) is 8.58. The highest BCUT2D eigenvalue weighted by atomic mass is 16.3. The van der Waals surface area contributed by atoms with Gasteiger partial charge in [-0.1, -0.05) is 13.3 Å². The summed E-state index contributed by atoms with van der Waals surface area (Å²) in [5, 5.41) is 9.34. The Morgan fingerprint density at radius 3 is 2.31 bits per heavy atom. The van der Waals surface area contributed by atoms with Crippen molar-refractivity contribution in [1.82, 2.24) is 4.90 Å². The highest BCUT2D eigenvalue weighted by molar-refractivity contribution is 4.89. The number of hydrogen-bond donors (Lipinski definition) is 1. The molecule has 0 aromatic heterocycles. The van der Waals surface area contributed by atoms with Crippen LogP contribution in [0.3, 0.4) is 0 Å². The van der Waals surface area contributed by atoms with E-state index in [1.807, 2.05) is 0 Å². The molecule has 2 nitrogen and oxygen atoms in total. The van der Waals surface area contributed by atoms with E-state index in [-0.39, 0.29) is 0 Å². The molecule has 1 N–H and O–H groups in total. The predicted octanol–water partition coefficient (Wildman–Crippen LogP) is 1.35. The van der Waals surface area contributed by atoms with E-state index >= 15 is 0 Å². The molecule has 1 saturated heterocycles. The van der Waals surface area contributed by atoms with Crippen LogP contribution in [0.25, 0.3) is 0 Å². The van der Waals surface area contributed by atoms with Gasteiger partial charge >= 0.3 is 0 Å². The molecule has 0 radical (unpaired) electrons. The van der Waals surface area contributed by atoms with E-state index in [1.54, 1.807) is 0 Å². The zero-order valence-electron chi connectivity index (χ0n) is 8.58. The van der Waals surface area contributed by atoms with Crippen LogP contribution in [-0.4, -0.2) is 36.2 Å². The second-order valence-electron chi connectivity index (χ2n) is 4.65. The van der Waals surface area contributed by atoms with E-state index in [0.717, 1.165) is 11.8 Å². The van der Waals surface area contributed by atoms with Gasteiger partial charge in [0.15, 0.2) is 0 Å². The van der Waals surface area contributed by atoms with Crippen molar-refractivity contribution in [2.24, 2.45) is 17.8 Å². The molecule has 76 valence electrons. The highest BCUT2D eigenvalue weighted by Gasteiger charge is 2.38. The Balaban J connectivity index is 2.03. The van der Waals surface area contributed by atoms with Gasteiger partial charge < -0.3 is 10.0 Å². The van der Waals surface area contributed by atoms with Gasteiger partial charge in [-0.15, -0.1) is 0 Å². The van der Waals surface area contributed by atoms with Gasteiger partial charge in [0.05, 0.1) is 0 Å². The van der Waals surface area contributed by atoms with E-state index in [9.17, 15) is 5.11 Å². The molecule has 2 rings (SSSR count). The van der Waals surface area contributed by atoms with Crippen LogP contribution in [0.4, 0.5) is 0 Å². The highest BCUT2D eigenvalue weighted by Crippen LogP contribution is 2.39. The van der Waals surface area contributed by atoms with Crippen LogP contribution in [-0.2, 0) is 0 Å². The lowest BCUT2D eigenvalue weighted by atomic mass is 9.69. The maximum absolute atomic E-state index is 9.34. The molecule has 2 bridgehead atoms. The Kier molecular flexibility index (Phi) is 2.89. The van der Waals surface area contributed by atoms with E-state index in [0.29, 0.717) is 12.5 Å². The minimum absolute atomic E-state index is 0.423. The van der Waals surface area contributed by atoms with Crippen molar-refractivity contribution in [1.29, 1.82) is 0 Å². The number of aliphatic hydroxyl groups excluding tert-OH is 1. The number of piperidine rings is 1. The first-order valence-corrected chi connectivity index (χ1v) is 5.68. The summed E-state index contributed by atoms with van der Waals surface area (Å²) < 4.78 is 0. The molecule has 2 heteroatoms. The SMILES string of the molecule is CCN1CC2CCCC(C1)C2CO. The lowest BCUT2D eigenvalue weighted by Crippen LogP contribution is -2.49. The van der Waals surface area contributed by atoms with Crippen molar-refractivity contribution < 1.29 is 5.11 Å². The van der Waals surface area contributed by atoms with Crippen molar-refractivity contribution in [3.63, 3.8) is 0 Å². The molecule has 13 heavy (non-hydrogen) atoms. The summed E-state index contributed by atoms with van der Waals surface area (Å²) in [7, 11) is 0. The Labute approximate surface area is 80.9 Å². The fraction of sp³-hybridized carbons (Fsp3) is 1.00. The number of rotatable bonds is 2. The Morgan fingerprint density at radius 2 is 1.85 bits per heavy atom. The second-order valence-corrected chi connectivity index (χ2v) is 4.65. The molecule has 2 aliphatic rings.